The van der Waals surface area contributed by atoms with Gasteiger partial charge in [-0.2, -0.15) is 0 Å². The number of aliphatic hydroxyl groups excluding tert-OH is 1. The fourth-order valence-corrected chi connectivity index (χ4v) is 0.887. The van der Waals surface area contributed by atoms with Gasteiger partial charge in [0.15, 0.2) is 0 Å². The van der Waals surface area contributed by atoms with E-state index in [1.807, 2.05) is 19.9 Å². The molecule has 1 unspecified atom stereocenters. The van der Waals surface area contributed by atoms with Crippen LogP contribution in [0.4, 0.5) is 0 Å². The highest BCUT2D eigenvalue weighted by molar-refractivity contribution is 5.04. The van der Waals surface area contributed by atoms with Crippen molar-refractivity contribution in [2.24, 2.45) is 0 Å². The van der Waals surface area contributed by atoms with Crippen molar-refractivity contribution in [3.8, 4) is 0 Å². The first-order valence-corrected chi connectivity index (χ1v) is 4.18. The molecule has 1 atom stereocenters. The molecule has 1 heteroatoms. The van der Waals surface area contributed by atoms with Crippen molar-refractivity contribution < 1.29 is 5.11 Å². The Morgan fingerprint density at radius 2 is 2.18 bits per heavy atom. The average Bonchev–Trinajstić information content (AvgIpc) is 2.03. The van der Waals surface area contributed by atoms with E-state index in [2.05, 4.69) is 12.7 Å². The van der Waals surface area contributed by atoms with E-state index in [1.54, 1.807) is 0 Å². The van der Waals surface area contributed by atoms with Gasteiger partial charge in [0.2, 0.25) is 0 Å². The Balaban J connectivity index is 3.69. The molecule has 0 amide bonds. The maximum atomic E-state index is 9.33. The van der Waals surface area contributed by atoms with E-state index in [-0.39, 0.29) is 6.10 Å². The Bertz CT molecular complexity index is 136. The lowest BCUT2D eigenvalue weighted by Gasteiger charge is -2.06. The zero-order valence-electron chi connectivity index (χ0n) is 7.51. The molecule has 0 aliphatic carbocycles. The van der Waals surface area contributed by atoms with Crippen LogP contribution in [0.3, 0.4) is 0 Å². The van der Waals surface area contributed by atoms with Crippen LogP contribution in [0.2, 0.25) is 0 Å². The molecular formula is C10H18O. The average molecular weight is 154 g/mol. The molecule has 0 rings (SSSR count). The largest absolute Gasteiger partial charge is 0.389 e. The lowest BCUT2D eigenvalue weighted by Crippen LogP contribution is -2.05. The van der Waals surface area contributed by atoms with Gasteiger partial charge in [-0.25, -0.2) is 0 Å². The predicted molar refractivity (Wildman–Crippen MR) is 49.5 cm³/mol. The molecule has 0 saturated carbocycles. The lowest BCUT2D eigenvalue weighted by molar-refractivity contribution is 0.206. The highest BCUT2D eigenvalue weighted by Crippen LogP contribution is 2.06. The van der Waals surface area contributed by atoms with Gasteiger partial charge in [-0.05, 0) is 31.8 Å². The van der Waals surface area contributed by atoms with Crippen LogP contribution >= 0.6 is 0 Å². The molecule has 0 aromatic carbocycles. The van der Waals surface area contributed by atoms with Crippen LogP contribution in [-0.2, 0) is 0 Å². The van der Waals surface area contributed by atoms with E-state index in [0.29, 0.717) is 0 Å². The molecule has 0 aliphatic rings. The van der Waals surface area contributed by atoms with Crippen molar-refractivity contribution in [1.82, 2.24) is 0 Å². The molecule has 11 heavy (non-hydrogen) atoms. The third kappa shape index (κ3) is 4.79. The Morgan fingerprint density at radius 1 is 1.55 bits per heavy atom. The molecule has 0 spiro atoms. The van der Waals surface area contributed by atoms with Crippen LogP contribution in [0.15, 0.2) is 24.3 Å². The van der Waals surface area contributed by atoms with Crippen molar-refractivity contribution in [3.63, 3.8) is 0 Å². The van der Waals surface area contributed by atoms with Gasteiger partial charge in [0.25, 0.3) is 0 Å². The zero-order chi connectivity index (χ0) is 8.69. The van der Waals surface area contributed by atoms with E-state index < -0.39 is 0 Å². The Labute approximate surface area is 69.4 Å². The quantitative estimate of drug-likeness (QED) is 0.477. The van der Waals surface area contributed by atoms with Crippen molar-refractivity contribution in [2.75, 3.05) is 0 Å². The molecule has 0 aliphatic heterocycles. The van der Waals surface area contributed by atoms with Gasteiger partial charge in [-0.1, -0.05) is 19.1 Å². The molecule has 0 saturated heterocycles. The fourth-order valence-electron chi connectivity index (χ4n) is 0.887. The van der Waals surface area contributed by atoms with Gasteiger partial charge < -0.3 is 5.11 Å². The van der Waals surface area contributed by atoms with Gasteiger partial charge in [0, 0.05) is 0 Å². The standard InChI is InChI=1S/C10H18O/c1-4-6-7-8-9(3)10(11)5-2/h4,8,10-11H,1,5-7H2,2-3H3. The molecule has 0 radical (unpaired) electrons. The summed E-state index contributed by atoms with van der Waals surface area (Å²) in [6.45, 7) is 7.58. The van der Waals surface area contributed by atoms with Crippen molar-refractivity contribution in [2.45, 2.75) is 39.2 Å². The number of rotatable bonds is 5. The van der Waals surface area contributed by atoms with Gasteiger partial charge in [0.1, 0.15) is 0 Å². The van der Waals surface area contributed by atoms with Gasteiger partial charge in [-0.3, -0.25) is 0 Å². The highest BCUT2D eigenvalue weighted by Gasteiger charge is 2.00. The van der Waals surface area contributed by atoms with E-state index in [4.69, 9.17) is 0 Å². The van der Waals surface area contributed by atoms with E-state index in [9.17, 15) is 5.11 Å². The summed E-state index contributed by atoms with van der Waals surface area (Å²) in [6.07, 6.45) is 6.51. The minimum Gasteiger partial charge on any atom is -0.389 e. The first-order chi connectivity index (χ1) is 5.22. The van der Waals surface area contributed by atoms with Gasteiger partial charge in [-0.15, -0.1) is 6.58 Å². The number of hydrogen-bond donors (Lipinski definition) is 1. The molecular weight excluding hydrogens is 136 g/mol. The van der Waals surface area contributed by atoms with Crippen LogP contribution in [0, 0.1) is 0 Å². The molecule has 1 nitrogen and oxygen atoms in total. The van der Waals surface area contributed by atoms with Gasteiger partial charge in [0.05, 0.1) is 6.10 Å². The monoisotopic (exact) mass is 154 g/mol. The molecule has 64 valence electrons. The zero-order valence-corrected chi connectivity index (χ0v) is 7.51. The number of aliphatic hydroxyl groups is 1. The van der Waals surface area contributed by atoms with Crippen LogP contribution in [0.5, 0.6) is 0 Å². The van der Waals surface area contributed by atoms with Crippen molar-refractivity contribution >= 4 is 0 Å². The van der Waals surface area contributed by atoms with Crippen LogP contribution in [0.1, 0.15) is 33.1 Å². The lowest BCUT2D eigenvalue weighted by atomic mass is 10.1. The van der Waals surface area contributed by atoms with Crippen LogP contribution in [0.25, 0.3) is 0 Å². The third-order valence-electron chi connectivity index (χ3n) is 1.75. The topological polar surface area (TPSA) is 20.2 Å². The summed E-state index contributed by atoms with van der Waals surface area (Å²) in [4.78, 5) is 0. The number of hydrogen-bond acceptors (Lipinski definition) is 1. The third-order valence-corrected chi connectivity index (χ3v) is 1.75. The van der Waals surface area contributed by atoms with Crippen molar-refractivity contribution in [1.29, 1.82) is 0 Å². The van der Waals surface area contributed by atoms with E-state index in [1.165, 1.54) is 0 Å². The van der Waals surface area contributed by atoms with Crippen LogP contribution in [-0.4, -0.2) is 11.2 Å². The summed E-state index contributed by atoms with van der Waals surface area (Å²) >= 11 is 0. The summed E-state index contributed by atoms with van der Waals surface area (Å²) in [6, 6.07) is 0. The Kier molecular flexibility index (Phi) is 5.86. The second kappa shape index (κ2) is 6.17. The molecule has 0 bridgehead atoms. The smallest absolute Gasteiger partial charge is 0.0744 e. The first-order valence-electron chi connectivity index (χ1n) is 4.18. The molecule has 1 N–H and O–H groups in total. The normalized spacial score (nSPS) is 14.6. The molecule has 0 aromatic heterocycles. The summed E-state index contributed by atoms with van der Waals surface area (Å²) in [5.41, 5.74) is 1.08. The number of allylic oxidation sites excluding steroid dienone is 2. The maximum absolute atomic E-state index is 9.33. The summed E-state index contributed by atoms with van der Waals surface area (Å²) < 4.78 is 0. The van der Waals surface area contributed by atoms with Crippen LogP contribution < -0.4 is 0 Å². The SMILES string of the molecule is C=CCCC=C(C)C(O)CC. The predicted octanol–water partition coefficient (Wildman–Crippen LogP) is 2.67. The Hall–Kier alpha value is -0.560. The van der Waals surface area contributed by atoms with E-state index in [0.717, 1.165) is 24.8 Å². The second-order valence-electron chi connectivity index (χ2n) is 2.74. The molecule has 0 heterocycles. The van der Waals surface area contributed by atoms with Gasteiger partial charge >= 0.3 is 0 Å². The highest BCUT2D eigenvalue weighted by atomic mass is 16.3. The maximum Gasteiger partial charge on any atom is 0.0744 e. The first kappa shape index (κ1) is 10.4. The fraction of sp³-hybridized carbons (Fsp3) is 0.600. The summed E-state index contributed by atoms with van der Waals surface area (Å²) in [5.74, 6) is 0. The Morgan fingerprint density at radius 3 is 2.64 bits per heavy atom. The number of unbranched alkanes of at least 4 members (excludes halogenated alkanes) is 1. The molecule has 0 aromatic rings. The van der Waals surface area contributed by atoms with Crippen molar-refractivity contribution in [3.05, 3.63) is 24.3 Å². The minimum atomic E-state index is -0.250. The molecule has 0 fully saturated rings. The minimum absolute atomic E-state index is 0.250. The summed E-state index contributed by atoms with van der Waals surface area (Å²) in [5, 5.41) is 9.33. The summed E-state index contributed by atoms with van der Waals surface area (Å²) in [7, 11) is 0. The second-order valence-corrected chi connectivity index (χ2v) is 2.74. The van der Waals surface area contributed by atoms with E-state index >= 15 is 0 Å².